The zero-order valence-electron chi connectivity index (χ0n) is 8.90. The lowest BCUT2D eigenvalue weighted by atomic mass is 10.3. The van der Waals surface area contributed by atoms with E-state index in [1.807, 2.05) is 6.07 Å². The van der Waals surface area contributed by atoms with Crippen molar-refractivity contribution in [3.63, 3.8) is 0 Å². The Hall–Kier alpha value is -1.53. The Bertz CT molecular complexity index is 510. The number of nitrogens with zero attached hydrogens (tertiary/aromatic N) is 1. The van der Waals surface area contributed by atoms with E-state index in [1.54, 1.807) is 12.5 Å². The van der Waals surface area contributed by atoms with E-state index in [0.29, 0.717) is 16.6 Å². The van der Waals surface area contributed by atoms with Crippen LogP contribution in [0.5, 0.6) is 0 Å². The molecule has 2 aromatic heterocycles. The standard InChI is InChI=1S/C10H9ClN2O3S/c1-15-9(14)7-8(11)13-10(17-7)12-4-6-2-3-16-5-6/h2-3,5H,4H2,1H3,(H,12,13). The van der Waals surface area contributed by atoms with Gasteiger partial charge in [-0.2, -0.15) is 0 Å². The number of furan rings is 1. The molecular formula is C10H9ClN2O3S. The summed E-state index contributed by atoms with van der Waals surface area (Å²) in [4.78, 5) is 15.6. The van der Waals surface area contributed by atoms with Gasteiger partial charge in [0.15, 0.2) is 15.2 Å². The normalized spacial score (nSPS) is 10.2. The van der Waals surface area contributed by atoms with Crippen LogP contribution in [0.1, 0.15) is 15.2 Å². The highest BCUT2D eigenvalue weighted by atomic mass is 35.5. The van der Waals surface area contributed by atoms with Crippen molar-refractivity contribution in [1.82, 2.24) is 4.98 Å². The number of aromatic nitrogens is 1. The number of anilines is 1. The van der Waals surface area contributed by atoms with Crippen molar-refractivity contribution in [2.45, 2.75) is 6.54 Å². The summed E-state index contributed by atoms with van der Waals surface area (Å²) in [6, 6.07) is 1.84. The first kappa shape index (κ1) is 11.9. The van der Waals surface area contributed by atoms with Gasteiger partial charge in [-0.25, -0.2) is 9.78 Å². The van der Waals surface area contributed by atoms with Gasteiger partial charge in [-0.15, -0.1) is 0 Å². The molecule has 0 aliphatic rings. The van der Waals surface area contributed by atoms with Crippen LogP contribution in [0.2, 0.25) is 5.15 Å². The third kappa shape index (κ3) is 2.78. The minimum Gasteiger partial charge on any atom is -0.472 e. The molecule has 0 fully saturated rings. The van der Waals surface area contributed by atoms with Gasteiger partial charge in [0.2, 0.25) is 0 Å². The van der Waals surface area contributed by atoms with Crippen LogP contribution in [0.15, 0.2) is 23.0 Å². The maximum Gasteiger partial charge on any atom is 0.351 e. The molecule has 0 amide bonds. The number of carbonyl (C=O) groups is 1. The van der Waals surface area contributed by atoms with Crippen molar-refractivity contribution in [2.24, 2.45) is 0 Å². The van der Waals surface area contributed by atoms with Crippen molar-refractivity contribution >= 4 is 34.0 Å². The third-order valence-electron chi connectivity index (χ3n) is 1.98. The summed E-state index contributed by atoms with van der Waals surface area (Å²) < 4.78 is 9.52. The molecule has 7 heteroatoms. The maximum absolute atomic E-state index is 11.3. The van der Waals surface area contributed by atoms with Crippen molar-refractivity contribution < 1.29 is 13.9 Å². The number of thiazole rings is 1. The van der Waals surface area contributed by atoms with E-state index in [1.165, 1.54) is 7.11 Å². The molecule has 0 aliphatic heterocycles. The Morgan fingerprint density at radius 1 is 1.71 bits per heavy atom. The quantitative estimate of drug-likeness (QED) is 0.867. The predicted molar refractivity (Wildman–Crippen MR) is 64.5 cm³/mol. The van der Waals surface area contributed by atoms with Crippen LogP contribution in [-0.4, -0.2) is 18.1 Å². The Kier molecular flexibility index (Phi) is 3.65. The molecule has 5 nitrogen and oxygen atoms in total. The zero-order valence-corrected chi connectivity index (χ0v) is 10.5. The molecule has 0 saturated carbocycles. The van der Waals surface area contributed by atoms with E-state index >= 15 is 0 Å². The summed E-state index contributed by atoms with van der Waals surface area (Å²) in [5.41, 5.74) is 0.982. The van der Waals surface area contributed by atoms with E-state index < -0.39 is 5.97 Å². The van der Waals surface area contributed by atoms with Gasteiger partial charge in [-0.1, -0.05) is 22.9 Å². The van der Waals surface area contributed by atoms with Crippen LogP contribution in [0.25, 0.3) is 0 Å². The number of hydrogen-bond acceptors (Lipinski definition) is 6. The fourth-order valence-corrected chi connectivity index (χ4v) is 2.27. The molecule has 1 N–H and O–H groups in total. The minimum absolute atomic E-state index is 0.150. The Labute approximate surface area is 106 Å². The average molecular weight is 273 g/mol. The molecule has 0 spiro atoms. The first-order valence-electron chi connectivity index (χ1n) is 4.70. The maximum atomic E-state index is 11.3. The van der Waals surface area contributed by atoms with Crippen molar-refractivity contribution in [3.05, 3.63) is 34.2 Å². The molecular weight excluding hydrogens is 264 g/mol. The lowest BCUT2D eigenvalue weighted by Gasteiger charge is -1.97. The van der Waals surface area contributed by atoms with Crippen LogP contribution in [0.3, 0.4) is 0 Å². The van der Waals surface area contributed by atoms with Crippen LogP contribution in [-0.2, 0) is 11.3 Å². The monoisotopic (exact) mass is 272 g/mol. The number of esters is 1. The first-order valence-corrected chi connectivity index (χ1v) is 5.89. The number of hydrogen-bond donors (Lipinski definition) is 1. The van der Waals surface area contributed by atoms with E-state index in [0.717, 1.165) is 16.9 Å². The average Bonchev–Trinajstić information content (AvgIpc) is 2.94. The molecule has 0 unspecified atom stereocenters. The van der Waals surface area contributed by atoms with E-state index in [-0.39, 0.29) is 5.15 Å². The summed E-state index contributed by atoms with van der Waals surface area (Å²) in [5.74, 6) is -0.483. The predicted octanol–water partition coefficient (Wildman–Crippen LogP) is 2.79. The summed E-state index contributed by atoms with van der Waals surface area (Å²) in [6.45, 7) is 0.557. The molecule has 0 aliphatic carbocycles. The van der Waals surface area contributed by atoms with Gasteiger partial charge in [0.1, 0.15) is 0 Å². The molecule has 2 aromatic rings. The molecule has 0 aromatic carbocycles. The van der Waals surface area contributed by atoms with E-state index in [9.17, 15) is 4.79 Å². The topological polar surface area (TPSA) is 64.4 Å². The highest BCUT2D eigenvalue weighted by molar-refractivity contribution is 7.18. The number of rotatable bonds is 4. The van der Waals surface area contributed by atoms with Crippen molar-refractivity contribution in [2.75, 3.05) is 12.4 Å². The minimum atomic E-state index is -0.483. The van der Waals surface area contributed by atoms with Crippen LogP contribution in [0.4, 0.5) is 5.13 Å². The molecule has 0 atom stereocenters. The Morgan fingerprint density at radius 2 is 2.53 bits per heavy atom. The number of halogens is 1. The second kappa shape index (κ2) is 5.20. The van der Waals surface area contributed by atoms with Gasteiger partial charge in [-0.3, -0.25) is 0 Å². The Balaban J connectivity index is 2.05. The molecule has 0 saturated heterocycles. The smallest absolute Gasteiger partial charge is 0.351 e. The SMILES string of the molecule is COC(=O)c1sc(NCc2ccoc2)nc1Cl. The first-order chi connectivity index (χ1) is 8.20. The second-order valence-corrected chi connectivity index (χ2v) is 4.47. The van der Waals surface area contributed by atoms with Gasteiger partial charge < -0.3 is 14.5 Å². The number of methoxy groups -OCH3 is 1. The summed E-state index contributed by atoms with van der Waals surface area (Å²) in [7, 11) is 1.30. The van der Waals surface area contributed by atoms with E-state index in [2.05, 4.69) is 15.0 Å². The third-order valence-corrected chi connectivity index (χ3v) is 3.36. The van der Waals surface area contributed by atoms with Gasteiger partial charge in [-0.05, 0) is 6.07 Å². The van der Waals surface area contributed by atoms with Crippen LogP contribution in [0, 0.1) is 0 Å². The Morgan fingerprint density at radius 3 is 3.18 bits per heavy atom. The van der Waals surface area contributed by atoms with Gasteiger partial charge in [0.05, 0.1) is 19.6 Å². The van der Waals surface area contributed by atoms with Crippen LogP contribution < -0.4 is 5.32 Å². The highest BCUT2D eigenvalue weighted by Gasteiger charge is 2.17. The molecule has 0 bridgehead atoms. The molecule has 90 valence electrons. The zero-order chi connectivity index (χ0) is 12.3. The fraction of sp³-hybridized carbons (Fsp3) is 0.200. The molecule has 2 heterocycles. The van der Waals surface area contributed by atoms with Crippen molar-refractivity contribution in [1.29, 1.82) is 0 Å². The summed E-state index contributed by atoms with van der Waals surface area (Å²) >= 11 is 6.97. The van der Waals surface area contributed by atoms with E-state index in [4.69, 9.17) is 16.0 Å². The molecule has 0 radical (unpaired) electrons. The van der Waals surface area contributed by atoms with Gasteiger partial charge in [0.25, 0.3) is 0 Å². The van der Waals surface area contributed by atoms with Gasteiger partial charge >= 0.3 is 5.97 Å². The largest absolute Gasteiger partial charge is 0.472 e. The van der Waals surface area contributed by atoms with Crippen molar-refractivity contribution in [3.8, 4) is 0 Å². The molecule has 17 heavy (non-hydrogen) atoms. The lowest BCUT2D eigenvalue weighted by molar-refractivity contribution is 0.0606. The lowest BCUT2D eigenvalue weighted by Crippen LogP contribution is -1.98. The van der Waals surface area contributed by atoms with Crippen LogP contribution >= 0.6 is 22.9 Å². The molecule has 2 rings (SSSR count). The highest BCUT2D eigenvalue weighted by Crippen LogP contribution is 2.27. The summed E-state index contributed by atoms with van der Waals surface area (Å²) in [5, 5.41) is 3.76. The second-order valence-electron chi connectivity index (χ2n) is 3.12. The number of carbonyl (C=O) groups excluding carboxylic acids is 1. The number of nitrogens with one attached hydrogen (secondary N) is 1. The number of ether oxygens (including phenoxy) is 1. The summed E-state index contributed by atoms with van der Waals surface area (Å²) in [6.07, 6.45) is 3.22. The fourth-order valence-electron chi connectivity index (χ4n) is 1.17. The van der Waals surface area contributed by atoms with Gasteiger partial charge in [0, 0.05) is 12.1 Å².